The van der Waals surface area contributed by atoms with Gasteiger partial charge in [0.05, 0.1) is 19.3 Å². The van der Waals surface area contributed by atoms with Gasteiger partial charge in [0.25, 0.3) is 5.78 Å². The van der Waals surface area contributed by atoms with Crippen molar-refractivity contribution in [3.8, 4) is 5.75 Å². The lowest BCUT2D eigenvalue weighted by molar-refractivity contribution is -0.149. The van der Waals surface area contributed by atoms with Crippen molar-refractivity contribution in [1.29, 1.82) is 0 Å². The van der Waals surface area contributed by atoms with Crippen molar-refractivity contribution in [1.82, 2.24) is 0 Å². The fraction of sp³-hybridized carbons (Fsp3) is 0.375. The Kier molecular flexibility index (Phi) is 6.43. The van der Waals surface area contributed by atoms with E-state index in [0.29, 0.717) is 17.4 Å². The van der Waals surface area contributed by atoms with E-state index in [4.69, 9.17) is 16.3 Å². The van der Waals surface area contributed by atoms with Crippen LogP contribution >= 0.6 is 11.6 Å². The number of esters is 1. The van der Waals surface area contributed by atoms with Crippen LogP contribution in [0.4, 0.5) is 0 Å². The second-order valence-corrected chi connectivity index (χ2v) is 5.28. The zero-order valence-electron chi connectivity index (χ0n) is 13.0. The summed E-state index contributed by atoms with van der Waals surface area (Å²) < 4.78 is 9.90. The molecule has 0 saturated carbocycles. The molecule has 0 saturated heterocycles. The first-order valence-electron chi connectivity index (χ1n) is 6.81. The van der Waals surface area contributed by atoms with Crippen molar-refractivity contribution in [2.45, 2.75) is 26.7 Å². The summed E-state index contributed by atoms with van der Waals surface area (Å²) in [7, 11) is 1.09. The average Bonchev–Trinajstić information content (AvgIpc) is 2.47. The summed E-state index contributed by atoms with van der Waals surface area (Å²) in [4.78, 5) is 22.7. The summed E-state index contributed by atoms with van der Waals surface area (Å²) in [5.74, 6) is -1.89. The highest BCUT2D eigenvalue weighted by Gasteiger charge is 2.19. The van der Waals surface area contributed by atoms with Crippen LogP contribution in [0.5, 0.6) is 5.75 Å². The van der Waals surface area contributed by atoms with Crippen LogP contribution in [0.15, 0.2) is 18.2 Å². The molecule has 6 heteroatoms. The van der Waals surface area contributed by atoms with Crippen molar-refractivity contribution in [3.05, 3.63) is 34.4 Å². The molecule has 1 aromatic carbocycles. The first-order valence-corrected chi connectivity index (χ1v) is 7.19. The molecule has 0 fully saturated rings. The van der Waals surface area contributed by atoms with Crippen LogP contribution in [0, 0.1) is 0 Å². The van der Waals surface area contributed by atoms with Crippen molar-refractivity contribution in [2.75, 3.05) is 13.7 Å². The molecule has 0 aliphatic carbocycles. The van der Waals surface area contributed by atoms with Gasteiger partial charge in [0, 0.05) is 11.1 Å². The second kappa shape index (κ2) is 7.84. The minimum absolute atomic E-state index is 0.100. The molecule has 1 aromatic rings. The Morgan fingerprint density at radius 2 is 2.00 bits per heavy atom. The third kappa shape index (κ3) is 4.24. The summed E-state index contributed by atoms with van der Waals surface area (Å²) in [6.07, 6.45) is 0.796. The van der Waals surface area contributed by atoms with Crippen LogP contribution in [0.1, 0.15) is 37.8 Å². The molecule has 1 rings (SSSR count). The number of carbonyl (C=O) groups is 2. The number of methoxy groups -OCH3 is 1. The van der Waals surface area contributed by atoms with Crippen molar-refractivity contribution >= 4 is 29.1 Å². The zero-order chi connectivity index (χ0) is 16.9. The Labute approximate surface area is 134 Å². The monoisotopic (exact) mass is 326 g/mol. The van der Waals surface area contributed by atoms with Crippen LogP contribution in [-0.2, 0) is 14.3 Å². The van der Waals surface area contributed by atoms with Gasteiger partial charge < -0.3 is 14.6 Å². The number of rotatable bonds is 6. The second-order valence-electron chi connectivity index (χ2n) is 4.84. The van der Waals surface area contributed by atoms with E-state index < -0.39 is 17.5 Å². The Morgan fingerprint density at radius 3 is 2.50 bits per heavy atom. The highest BCUT2D eigenvalue weighted by molar-refractivity contribution is 6.39. The Morgan fingerprint density at radius 1 is 1.36 bits per heavy atom. The van der Waals surface area contributed by atoms with Gasteiger partial charge in [-0.1, -0.05) is 25.4 Å². The lowest BCUT2D eigenvalue weighted by Crippen LogP contribution is -2.13. The topological polar surface area (TPSA) is 72.8 Å². The Hall–Kier alpha value is -2.01. The number of carbonyl (C=O) groups excluding carboxylic acids is 2. The zero-order valence-corrected chi connectivity index (χ0v) is 13.7. The van der Waals surface area contributed by atoms with E-state index in [-0.39, 0.29) is 11.5 Å². The van der Waals surface area contributed by atoms with E-state index >= 15 is 0 Å². The SMILES string of the molecule is CCOc1c(/C(O)=C/C(=O)C(=O)OC)cc(Cl)cc1C(C)C. The summed E-state index contributed by atoms with van der Waals surface area (Å²) in [6, 6.07) is 3.23. The molecular weight excluding hydrogens is 308 g/mol. The van der Waals surface area contributed by atoms with Crippen LogP contribution < -0.4 is 4.74 Å². The summed E-state index contributed by atoms with van der Waals surface area (Å²) in [6.45, 7) is 6.10. The van der Waals surface area contributed by atoms with Gasteiger partial charge in [-0.2, -0.15) is 0 Å². The van der Waals surface area contributed by atoms with Crippen LogP contribution in [0.2, 0.25) is 5.02 Å². The number of ether oxygens (including phenoxy) is 2. The quantitative estimate of drug-likeness (QED) is 0.375. The largest absolute Gasteiger partial charge is 0.507 e. The Balaban J connectivity index is 3.41. The number of aliphatic hydroxyl groups is 1. The third-order valence-corrected chi connectivity index (χ3v) is 3.14. The molecule has 0 bridgehead atoms. The number of ketones is 1. The molecule has 0 aliphatic rings. The number of hydrogen-bond donors (Lipinski definition) is 1. The predicted molar refractivity (Wildman–Crippen MR) is 84.3 cm³/mol. The molecule has 0 aliphatic heterocycles. The van der Waals surface area contributed by atoms with Crippen molar-refractivity contribution < 1.29 is 24.2 Å². The smallest absolute Gasteiger partial charge is 0.378 e. The average molecular weight is 327 g/mol. The standard InChI is InChI=1S/C16H19ClO5/c1-5-22-15-11(9(2)3)6-10(17)7-12(15)13(18)8-14(19)16(20)21-4/h6-9,18H,5H2,1-4H3/b13-8-. The van der Waals surface area contributed by atoms with E-state index in [1.54, 1.807) is 6.07 Å². The van der Waals surface area contributed by atoms with E-state index in [1.807, 2.05) is 20.8 Å². The number of benzene rings is 1. The summed E-state index contributed by atoms with van der Waals surface area (Å²) >= 11 is 6.07. The van der Waals surface area contributed by atoms with Gasteiger partial charge in [-0.05, 0) is 30.5 Å². The molecule has 22 heavy (non-hydrogen) atoms. The molecular formula is C16H19ClO5. The maximum absolute atomic E-state index is 11.5. The molecule has 0 amide bonds. The maximum atomic E-state index is 11.5. The highest BCUT2D eigenvalue weighted by atomic mass is 35.5. The first-order chi connectivity index (χ1) is 10.3. The molecule has 0 spiro atoms. The van der Waals surface area contributed by atoms with Crippen molar-refractivity contribution in [3.63, 3.8) is 0 Å². The molecule has 0 radical (unpaired) electrons. The van der Waals surface area contributed by atoms with Gasteiger partial charge in [0.2, 0.25) is 0 Å². The number of aliphatic hydroxyl groups excluding tert-OH is 1. The minimum atomic E-state index is -1.06. The summed E-state index contributed by atoms with van der Waals surface area (Å²) in [5, 5.41) is 10.6. The third-order valence-electron chi connectivity index (χ3n) is 2.92. The van der Waals surface area contributed by atoms with E-state index in [1.165, 1.54) is 6.07 Å². The van der Waals surface area contributed by atoms with Gasteiger partial charge in [0.15, 0.2) is 0 Å². The minimum Gasteiger partial charge on any atom is -0.507 e. The Bertz CT molecular complexity index is 605. The lowest BCUT2D eigenvalue weighted by Gasteiger charge is -2.17. The molecule has 1 N–H and O–H groups in total. The molecule has 5 nitrogen and oxygen atoms in total. The molecule has 0 aromatic heterocycles. The van der Waals surface area contributed by atoms with Gasteiger partial charge in [-0.25, -0.2) is 4.79 Å². The number of hydrogen-bond acceptors (Lipinski definition) is 5. The highest BCUT2D eigenvalue weighted by Crippen LogP contribution is 2.36. The van der Waals surface area contributed by atoms with E-state index in [0.717, 1.165) is 18.7 Å². The van der Waals surface area contributed by atoms with Gasteiger partial charge in [-0.3, -0.25) is 4.79 Å². The summed E-state index contributed by atoms with van der Waals surface area (Å²) in [5.41, 5.74) is 1.06. The molecule has 0 heterocycles. The number of halogens is 1. The molecule has 0 atom stereocenters. The fourth-order valence-corrected chi connectivity index (χ4v) is 2.13. The van der Waals surface area contributed by atoms with E-state index in [2.05, 4.69) is 4.74 Å². The molecule has 0 unspecified atom stereocenters. The van der Waals surface area contributed by atoms with Crippen LogP contribution in [0.3, 0.4) is 0 Å². The van der Waals surface area contributed by atoms with E-state index in [9.17, 15) is 14.7 Å². The van der Waals surface area contributed by atoms with Crippen molar-refractivity contribution in [2.24, 2.45) is 0 Å². The van der Waals surface area contributed by atoms with Gasteiger partial charge in [0.1, 0.15) is 11.5 Å². The maximum Gasteiger partial charge on any atom is 0.378 e. The predicted octanol–water partition coefficient (Wildman–Crippen LogP) is 3.50. The fourth-order valence-electron chi connectivity index (χ4n) is 1.90. The normalized spacial score (nSPS) is 11.5. The van der Waals surface area contributed by atoms with Crippen LogP contribution in [-0.4, -0.2) is 30.6 Å². The lowest BCUT2D eigenvalue weighted by atomic mass is 9.98. The van der Waals surface area contributed by atoms with Gasteiger partial charge >= 0.3 is 5.97 Å². The van der Waals surface area contributed by atoms with Crippen LogP contribution in [0.25, 0.3) is 5.76 Å². The van der Waals surface area contributed by atoms with Gasteiger partial charge in [-0.15, -0.1) is 0 Å². The molecule has 120 valence electrons. The first kappa shape index (κ1) is 18.0.